The summed E-state index contributed by atoms with van der Waals surface area (Å²) in [5.41, 5.74) is 3.59. The lowest BCUT2D eigenvalue weighted by molar-refractivity contribution is -0.384. The number of aromatic nitrogens is 1. The number of amides is 1. The van der Waals surface area contributed by atoms with E-state index < -0.39 is 33.8 Å². The Balaban J connectivity index is 2.38. The first kappa shape index (κ1) is 13.8. The van der Waals surface area contributed by atoms with Crippen molar-refractivity contribution < 1.29 is 18.5 Å². The van der Waals surface area contributed by atoms with Gasteiger partial charge in [0.2, 0.25) is 0 Å². The molecule has 2 aromatic rings. The number of carbonyl (C=O) groups excluding carboxylic acids is 1. The molecule has 0 spiro atoms. The van der Waals surface area contributed by atoms with Crippen molar-refractivity contribution >= 4 is 33.8 Å². The number of benzene rings is 1. The highest BCUT2D eigenvalue weighted by Crippen LogP contribution is 2.29. The van der Waals surface area contributed by atoms with Crippen molar-refractivity contribution in [2.75, 3.05) is 11.1 Å². The third-order valence-corrected chi connectivity index (χ3v) is 2.90. The smallest absolute Gasteiger partial charge is 0.298 e. The molecule has 2 rings (SSSR count). The molecule has 0 bridgehead atoms. The number of hydrogen-bond donors (Lipinski definition) is 2. The molecule has 20 heavy (non-hydrogen) atoms. The van der Waals surface area contributed by atoms with Gasteiger partial charge in [0.15, 0.2) is 16.6 Å². The van der Waals surface area contributed by atoms with Crippen LogP contribution in [-0.4, -0.2) is 15.8 Å². The van der Waals surface area contributed by atoms with Crippen molar-refractivity contribution in [2.24, 2.45) is 0 Å². The van der Waals surface area contributed by atoms with Gasteiger partial charge in [-0.25, -0.2) is 13.8 Å². The molecule has 0 atom stereocenters. The number of nitrogens with zero attached hydrogens (tertiary/aromatic N) is 2. The molecule has 0 saturated carbocycles. The summed E-state index contributed by atoms with van der Waals surface area (Å²) in [7, 11) is 0. The van der Waals surface area contributed by atoms with E-state index in [4.69, 9.17) is 5.73 Å². The number of nitro groups is 1. The van der Waals surface area contributed by atoms with E-state index in [1.54, 1.807) is 0 Å². The minimum absolute atomic E-state index is 0.115. The lowest BCUT2D eigenvalue weighted by Gasteiger charge is -2.05. The summed E-state index contributed by atoms with van der Waals surface area (Å²) in [4.78, 5) is 25.1. The molecule has 104 valence electrons. The van der Waals surface area contributed by atoms with Gasteiger partial charge in [0, 0.05) is 11.4 Å². The largest absolute Gasteiger partial charge is 0.375 e. The molecule has 10 heteroatoms. The number of anilines is 2. The minimum atomic E-state index is -1.26. The van der Waals surface area contributed by atoms with E-state index in [0.29, 0.717) is 12.1 Å². The Kier molecular flexibility index (Phi) is 3.57. The molecule has 0 aliphatic heterocycles. The topological polar surface area (TPSA) is 111 Å². The Bertz CT molecular complexity index is 704. The van der Waals surface area contributed by atoms with Gasteiger partial charge < -0.3 is 11.1 Å². The molecule has 0 aliphatic carbocycles. The summed E-state index contributed by atoms with van der Waals surface area (Å²) in [5.74, 6) is -3.26. The monoisotopic (exact) mass is 300 g/mol. The first-order chi connectivity index (χ1) is 9.38. The number of thiazole rings is 1. The van der Waals surface area contributed by atoms with Crippen molar-refractivity contribution in [2.45, 2.75) is 0 Å². The maximum atomic E-state index is 13.6. The van der Waals surface area contributed by atoms with E-state index in [2.05, 4.69) is 4.98 Å². The first-order valence-electron chi connectivity index (χ1n) is 5.04. The minimum Gasteiger partial charge on any atom is -0.375 e. The molecule has 1 heterocycles. The van der Waals surface area contributed by atoms with Crippen LogP contribution < -0.4 is 11.1 Å². The fourth-order valence-electron chi connectivity index (χ4n) is 1.40. The SMILES string of the molecule is Nc1nc(C(=O)Nc2c(F)cc(F)cc2[N+](=O)[O-])cs1. The van der Waals surface area contributed by atoms with E-state index in [9.17, 15) is 23.7 Å². The van der Waals surface area contributed by atoms with Gasteiger partial charge in [0.05, 0.1) is 11.0 Å². The summed E-state index contributed by atoms with van der Waals surface area (Å²) in [6.45, 7) is 0. The summed E-state index contributed by atoms with van der Waals surface area (Å²) in [6.07, 6.45) is 0. The second-order valence-corrected chi connectivity index (χ2v) is 4.45. The molecule has 0 aliphatic rings. The third-order valence-electron chi connectivity index (χ3n) is 2.22. The van der Waals surface area contributed by atoms with Crippen molar-refractivity contribution in [1.29, 1.82) is 0 Å². The van der Waals surface area contributed by atoms with E-state index in [1.807, 2.05) is 5.32 Å². The second-order valence-electron chi connectivity index (χ2n) is 3.56. The van der Waals surface area contributed by atoms with Gasteiger partial charge in [0.1, 0.15) is 11.5 Å². The van der Waals surface area contributed by atoms with Crippen molar-refractivity contribution in [3.63, 3.8) is 0 Å². The molecule has 3 N–H and O–H groups in total. The Morgan fingerprint density at radius 3 is 2.70 bits per heavy atom. The fourth-order valence-corrected chi connectivity index (χ4v) is 1.94. The average molecular weight is 300 g/mol. The molecule has 0 radical (unpaired) electrons. The molecular weight excluding hydrogens is 294 g/mol. The van der Waals surface area contributed by atoms with Crippen LogP contribution in [0.2, 0.25) is 0 Å². The van der Waals surface area contributed by atoms with E-state index >= 15 is 0 Å². The molecule has 1 amide bonds. The highest BCUT2D eigenvalue weighted by Gasteiger charge is 2.23. The van der Waals surface area contributed by atoms with Crippen LogP contribution in [0.4, 0.5) is 25.3 Å². The predicted molar refractivity (Wildman–Crippen MR) is 67.5 cm³/mol. The van der Waals surface area contributed by atoms with Gasteiger partial charge in [-0.1, -0.05) is 0 Å². The Hall–Kier alpha value is -2.62. The number of nitrogens with one attached hydrogen (secondary N) is 1. The van der Waals surface area contributed by atoms with Crippen LogP contribution in [0.1, 0.15) is 10.5 Å². The number of hydrogen-bond acceptors (Lipinski definition) is 6. The van der Waals surface area contributed by atoms with Gasteiger partial charge in [0.25, 0.3) is 11.6 Å². The number of nitro benzene ring substituents is 1. The zero-order valence-corrected chi connectivity index (χ0v) is 10.4. The van der Waals surface area contributed by atoms with Gasteiger partial charge in [-0.3, -0.25) is 14.9 Å². The first-order valence-corrected chi connectivity index (χ1v) is 5.92. The number of rotatable bonds is 3. The van der Waals surface area contributed by atoms with Crippen LogP contribution in [0.3, 0.4) is 0 Å². The summed E-state index contributed by atoms with van der Waals surface area (Å²) < 4.78 is 26.5. The van der Waals surface area contributed by atoms with Gasteiger partial charge in [-0.2, -0.15) is 0 Å². The van der Waals surface area contributed by atoms with Crippen LogP contribution in [0.15, 0.2) is 17.5 Å². The predicted octanol–water partition coefficient (Wildman–Crippen LogP) is 2.16. The van der Waals surface area contributed by atoms with Crippen LogP contribution in [-0.2, 0) is 0 Å². The quantitative estimate of drug-likeness (QED) is 0.666. The van der Waals surface area contributed by atoms with E-state index in [-0.39, 0.29) is 10.8 Å². The van der Waals surface area contributed by atoms with Gasteiger partial charge >= 0.3 is 0 Å². The normalized spacial score (nSPS) is 10.3. The lowest BCUT2D eigenvalue weighted by atomic mass is 10.2. The fraction of sp³-hybridized carbons (Fsp3) is 0. The number of nitrogen functional groups attached to an aromatic ring is 1. The van der Waals surface area contributed by atoms with Crippen molar-refractivity contribution in [3.05, 3.63) is 45.0 Å². The summed E-state index contributed by atoms with van der Waals surface area (Å²) >= 11 is 0.979. The molecule has 1 aromatic carbocycles. The number of nitrogens with two attached hydrogens (primary N) is 1. The highest BCUT2D eigenvalue weighted by atomic mass is 32.1. The average Bonchev–Trinajstić information content (AvgIpc) is 2.78. The van der Waals surface area contributed by atoms with Crippen molar-refractivity contribution in [3.8, 4) is 0 Å². The maximum Gasteiger partial charge on any atom is 0.298 e. The Morgan fingerprint density at radius 1 is 1.45 bits per heavy atom. The Labute approximate surface area is 114 Å². The van der Waals surface area contributed by atoms with Gasteiger partial charge in [-0.15, -0.1) is 11.3 Å². The van der Waals surface area contributed by atoms with Gasteiger partial charge in [-0.05, 0) is 0 Å². The Morgan fingerprint density at radius 2 is 2.15 bits per heavy atom. The molecule has 7 nitrogen and oxygen atoms in total. The molecule has 0 unspecified atom stereocenters. The van der Waals surface area contributed by atoms with Crippen LogP contribution in [0.25, 0.3) is 0 Å². The van der Waals surface area contributed by atoms with Crippen LogP contribution in [0.5, 0.6) is 0 Å². The summed E-state index contributed by atoms with van der Waals surface area (Å²) in [5, 5.41) is 14.1. The van der Waals surface area contributed by atoms with Crippen LogP contribution >= 0.6 is 11.3 Å². The molecule has 0 saturated heterocycles. The summed E-state index contributed by atoms with van der Waals surface area (Å²) in [6, 6.07) is 0.937. The molecule has 1 aromatic heterocycles. The molecule has 0 fully saturated rings. The lowest BCUT2D eigenvalue weighted by Crippen LogP contribution is -2.15. The number of halogens is 2. The van der Waals surface area contributed by atoms with Crippen LogP contribution in [0, 0.1) is 21.7 Å². The second kappa shape index (κ2) is 5.17. The van der Waals surface area contributed by atoms with Crippen molar-refractivity contribution in [1.82, 2.24) is 4.98 Å². The zero-order chi connectivity index (χ0) is 14.9. The maximum absolute atomic E-state index is 13.6. The number of carbonyl (C=O) groups is 1. The van der Waals surface area contributed by atoms with E-state index in [0.717, 1.165) is 11.3 Å². The standard InChI is InChI=1S/C10H6F2N4O3S/c11-4-1-5(12)8(7(2-4)16(18)19)15-9(17)6-3-20-10(13)14-6/h1-3H,(H2,13,14)(H,15,17). The third kappa shape index (κ3) is 2.69. The zero-order valence-electron chi connectivity index (χ0n) is 9.59. The van der Waals surface area contributed by atoms with E-state index in [1.165, 1.54) is 5.38 Å². The molecular formula is C10H6F2N4O3S. The highest BCUT2D eigenvalue weighted by molar-refractivity contribution is 7.13.